The molecule has 0 radical (unpaired) electrons. The van der Waals surface area contributed by atoms with Crippen molar-refractivity contribution in [2.75, 3.05) is 59.8 Å². The number of amidine groups is 2. The largest absolute Gasteiger partial charge is 0.409 e. The molecule has 0 aliphatic rings. The van der Waals surface area contributed by atoms with E-state index in [0.717, 1.165) is 0 Å². The van der Waals surface area contributed by atoms with Crippen LogP contribution in [-0.4, -0.2) is 87.0 Å². The Morgan fingerprint density at radius 2 is 1.64 bits per heavy atom. The Morgan fingerprint density at radius 3 is 2.08 bits per heavy atom. The van der Waals surface area contributed by atoms with E-state index in [1.165, 1.54) is 0 Å². The fourth-order valence-corrected chi connectivity index (χ4v) is 1.82. The van der Waals surface area contributed by atoms with E-state index in [0.29, 0.717) is 32.0 Å². The van der Waals surface area contributed by atoms with Crippen molar-refractivity contribution in [1.29, 1.82) is 0 Å². The molecule has 8 N–H and O–H groups in total. The number of aliphatic imine (C=N–C) groups is 1. The summed E-state index contributed by atoms with van der Waals surface area (Å²) in [5.41, 5.74) is 12.0. The number of oxime groups is 1. The van der Waals surface area contributed by atoms with Gasteiger partial charge in [-0.3, -0.25) is 15.7 Å². The van der Waals surface area contributed by atoms with Crippen LogP contribution in [-0.2, 0) is 14.2 Å². The number of aliphatic hydroxyl groups is 1. The van der Waals surface area contributed by atoms with Crippen molar-refractivity contribution >= 4 is 11.7 Å². The van der Waals surface area contributed by atoms with E-state index in [1.807, 2.05) is 5.48 Å². The fourth-order valence-electron chi connectivity index (χ4n) is 1.82. The van der Waals surface area contributed by atoms with Gasteiger partial charge in [-0.25, -0.2) is 0 Å². The summed E-state index contributed by atoms with van der Waals surface area (Å²) in [5, 5.41) is 30.0. The summed E-state index contributed by atoms with van der Waals surface area (Å²) in [6.45, 7) is 1.59. The molecule has 0 aromatic heterocycles. The number of hydrogen-bond acceptors (Lipinski definition) is 9. The van der Waals surface area contributed by atoms with Gasteiger partial charge in [-0.1, -0.05) is 5.16 Å². The summed E-state index contributed by atoms with van der Waals surface area (Å²) in [6, 6.07) is 0. The lowest BCUT2D eigenvalue weighted by atomic mass is 9.92. The molecule has 0 aliphatic carbocycles. The molecule has 0 bridgehead atoms. The Bertz CT molecular complexity index is 396. The second-order valence-electron chi connectivity index (χ2n) is 5.48. The van der Waals surface area contributed by atoms with Crippen LogP contribution in [0.4, 0.5) is 0 Å². The highest BCUT2D eigenvalue weighted by molar-refractivity contribution is 5.80. The smallest absolute Gasteiger partial charge is 0.141 e. The predicted octanol–water partition coefficient (Wildman–Crippen LogP) is -1.49. The molecule has 11 nitrogen and oxygen atoms in total. The van der Waals surface area contributed by atoms with Crippen LogP contribution in [0.25, 0.3) is 0 Å². The Kier molecular flexibility index (Phi) is 13.9. The van der Waals surface area contributed by atoms with Gasteiger partial charge in [-0.05, 0) is 0 Å². The van der Waals surface area contributed by atoms with Gasteiger partial charge in [0.2, 0.25) is 0 Å². The van der Waals surface area contributed by atoms with E-state index in [1.54, 1.807) is 7.05 Å². The SMILES string of the molecule is CN=C(CCOCC(CO)(COCCN)COCC/C(N)=N/O)NO. The van der Waals surface area contributed by atoms with Gasteiger partial charge in [0.15, 0.2) is 0 Å². The molecule has 0 heterocycles. The molecule has 1 atom stereocenters. The molecule has 148 valence electrons. The van der Waals surface area contributed by atoms with E-state index in [-0.39, 0.29) is 45.3 Å². The zero-order valence-electron chi connectivity index (χ0n) is 14.7. The van der Waals surface area contributed by atoms with Gasteiger partial charge in [0.25, 0.3) is 0 Å². The number of hydroxylamine groups is 1. The monoisotopic (exact) mass is 365 g/mol. The number of rotatable bonds is 15. The molecule has 0 rings (SSSR count). The number of nitrogens with one attached hydrogen (secondary N) is 1. The van der Waals surface area contributed by atoms with Crippen LogP contribution in [0.1, 0.15) is 12.8 Å². The van der Waals surface area contributed by atoms with E-state index < -0.39 is 5.41 Å². The molecule has 0 amide bonds. The molecule has 0 saturated carbocycles. The van der Waals surface area contributed by atoms with Crippen molar-refractivity contribution in [2.24, 2.45) is 27.0 Å². The summed E-state index contributed by atoms with van der Waals surface area (Å²) >= 11 is 0. The van der Waals surface area contributed by atoms with E-state index in [9.17, 15) is 5.11 Å². The quantitative estimate of drug-likeness (QED) is 0.0663. The first-order valence-corrected chi connectivity index (χ1v) is 7.93. The average Bonchev–Trinajstić information content (AvgIpc) is 2.64. The van der Waals surface area contributed by atoms with Crippen molar-refractivity contribution in [3.05, 3.63) is 0 Å². The molecule has 0 spiro atoms. The van der Waals surface area contributed by atoms with Crippen molar-refractivity contribution in [2.45, 2.75) is 12.8 Å². The van der Waals surface area contributed by atoms with Gasteiger partial charge in [0.05, 0.1) is 51.7 Å². The first-order valence-electron chi connectivity index (χ1n) is 7.93. The maximum absolute atomic E-state index is 9.80. The van der Waals surface area contributed by atoms with Crippen molar-refractivity contribution in [3.8, 4) is 0 Å². The number of hydrogen-bond donors (Lipinski definition) is 6. The summed E-state index contributed by atoms with van der Waals surface area (Å²) in [6.07, 6.45) is 0.656. The number of nitrogens with zero attached hydrogens (tertiary/aromatic N) is 2. The van der Waals surface area contributed by atoms with E-state index in [2.05, 4.69) is 10.1 Å². The van der Waals surface area contributed by atoms with Crippen LogP contribution in [0, 0.1) is 5.41 Å². The van der Waals surface area contributed by atoms with Crippen LogP contribution in [0.2, 0.25) is 0 Å². The topological polar surface area (TPSA) is 177 Å². The third-order valence-corrected chi connectivity index (χ3v) is 3.34. The van der Waals surface area contributed by atoms with Gasteiger partial charge in [-0.2, -0.15) is 0 Å². The normalized spacial score (nSPS) is 15.2. The number of ether oxygens (including phenoxy) is 3. The second-order valence-corrected chi connectivity index (χ2v) is 5.48. The minimum absolute atomic E-state index is 0.0631. The maximum atomic E-state index is 9.80. The van der Waals surface area contributed by atoms with Crippen molar-refractivity contribution < 1.29 is 29.7 Å². The van der Waals surface area contributed by atoms with Crippen LogP contribution >= 0.6 is 0 Å². The van der Waals surface area contributed by atoms with Crippen LogP contribution in [0.15, 0.2) is 10.1 Å². The van der Waals surface area contributed by atoms with Gasteiger partial charge >= 0.3 is 0 Å². The van der Waals surface area contributed by atoms with E-state index in [4.69, 9.17) is 36.1 Å². The maximum Gasteiger partial charge on any atom is 0.141 e. The van der Waals surface area contributed by atoms with Crippen molar-refractivity contribution in [3.63, 3.8) is 0 Å². The molecule has 0 fully saturated rings. The molecule has 25 heavy (non-hydrogen) atoms. The third-order valence-electron chi connectivity index (χ3n) is 3.34. The van der Waals surface area contributed by atoms with Gasteiger partial charge < -0.3 is 36.0 Å². The molecule has 0 aromatic rings. The van der Waals surface area contributed by atoms with E-state index >= 15 is 0 Å². The van der Waals surface area contributed by atoms with Crippen molar-refractivity contribution in [1.82, 2.24) is 5.48 Å². The highest BCUT2D eigenvalue weighted by Crippen LogP contribution is 2.19. The summed E-state index contributed by atoms with van der Waals surface area (Å²) in [4.78, 5) is 3.83. The molecule has 0 aromatic carbocycles. The lowest BCUT2D eigenvalue weighted by Crippen LogP contribution is -2.41. The Hall–Kier alpha value is -1.50. The lowest BCUT2D eigenvalue weighted by molar-refractivity contribution is -0.0904. The summed E-state index contributed by atoms with van der Waals surface area (Å²) in [5.74, 6) is 0.456. The summed E-state index contributed by atoms with van der Waals surface area (Å²) in [7, 11) is 1.55. The number of nitrogens with two attached hydrogens (primary N) is 2. The Labute approximate surface area is 147 Å². The van der Waals surface area contributed by atoms with Gasteiger partial charge in [0.1, 0.15) is 11.7 Å². The highest BCUT2D eigenvalue weighted by Gasteiger charge is 2.31. The lowest BCUT2D eigenvalue weighted by Gasteiger charge is -2.31. The summed E-state index contributed by atoms with van der Waals surface area (Å²) < 4.78 is 16.5. The van der Waals surface area contributed by atoms with Crippen LogP contribution in [0.5, 0.6) is 0 Å². The minimum Gasteiger partial charge on any atom is -0.409 e. The van der Waals surface area contributed by atoms with Gasteiger partial charge in [-0.15, -0.1) is 0 Å². The standard InChI is InChI=1S/C14H31N5O6/c1-17-13(19-22)3-6-24-10-14(8-20,11-25-7-4-15)9-23-5-2-12(16)18-21/h20-22H,2-11,15H2,1H3,(H2,16,18)(H,17,19). The van der Waals surface area contributed by atoms with Gasteiger partial charge in [0, 0.05) is 26.4 Å². The Morgan fingerprint density at radius 1 is 1.08 bits per heavy atom. The third kappa shape index (κ3) is 10.9. The predicted molar refractivity (Wildman–Crippen MR) is 92.0 cm³/mol. The minimum atomic E-state index is -0.767. The molecule has 1 unspecified atom stereocenters. The second kappa shape index (κ2) is 14.8. The highest BCUT2D eigenvalue weighted by atomic mass is 16.5. The average molecular weight is 365 g/mol. The van der Waals surface area contributed by atoms with Crippen LogP contribution < -0.4 is 16.9 Å². The number of aliphatic hydroxyl groups excluding tert-OH is 1. The molecule has 11 heteroatoms. The zero-order chi connectivity index (χ0) is 19.0. The molecular formula is C14H31N5O6. The first-order chi connectivity index (χ1) is 12.1. The molecule has 0 aliphatic heterocycles. The molecular weight excluding hydrogens is 334 g/mol. The first kappa shape index (κ1) is 23.5. The Balaban J connectivity index is 4.48. The fraction of sp³-hybridized carbons (Fsp3) is 0.857. The van der Waals surface area contributed by atoms with Crippen LogP contribution in [0.3, 0.4) is 0 Å². The molecule has 0 saturated heterocycles. The zero-order valence-corrected chi connectivity index (χ0v) is 14.7.